The Kier molecular flexibility index (Phi) is 6.95. The van der Waals surface area contributed by atoms with Crippen LogP contribution in [0.5, 0.6) is 11.5 Å². The average Bonchev–Trinajstić information content (AvgIpc) is 3.51. The van der Waals surface area contributed by atoms with E-state index in [1.165, 1.54) is 23.3 Å². The van der Waals surface area contributed by atoms with Crippen LogP contribution in [0.15, 0.2) is 81.5 Å². The van der Waals surface area contributed by atoms with Crippen LogP contribution in [-0.2, 0) is 11.3 Å². The molecule has 6 nitrogen and oxygen atoms in total. The molecule has 0 aliphatic carbocycles. The Bertz CT molecular complexity index is 1530. The molecule has 1 aromatic heterocycles. The molecule has 0 bridgehead atoms. The molecule has 2 heterocycles. The predicted molar refractivity (Wildman–Crippen MR) is 145 cm³/mol. The third-order valence-electron chi connectivity index (χ3n) is 5.55. The lowest BCUT2D eigenvalue weighted by atomic mass is 10.0. The van der Waals surface area contributed by atoms with Crippen LogP contribution < -0.4 is 9.47 Å². The van der Waals surface area contributed by atoms with E-state index in [0.717, 1.165) is 28.1 Å². The fourth-order valence-electron chi connectivity index (χ4n) is 3.85. The molecule has 180 valence electrons. The molecule has 1 fully saturated rings. The van der Waals surface area contributed by atoms with E-state index in [2.05, 4.69) is 15.9 Å². The number of carbonyl (C=O) groups excluding carboxylic acids is 3. The Morgan fingerprint density at radius 2 is 1.86 bits per heavy atom. The fourth-order valence-corrected chi connectivity index (χ4v) is 5.83. The van der Waals surface area contributed by atoms with Crippen molar-refractivity contribution in [1.82, 2.24) is 4.90 Å². The zero-order valence-corrected chi connectivity index (χ0v) is 22.1. The van der Waals surface area contributed by atoms with E-state index in [1.807, 2.05) is 42.5 Å². The molecular formula is C27H18BrNO5S2. The van der Waals surface area contributed by atoms with Crippen LogP contribution in [0.3, 0.4) is 0 Å². The Morgan fingerprint density at radius 3 is 2.64 bits per heavy atom. The SMILES string of the molecule is COc1cc(/C=C2\SC(=O)N(Cc3cccc4ccccc34)C2=O)cc(Br)c1OC(=O)c1cccs1. The number of fused-ring (bicyclic) bond motifs is 1. The molecule has 0 N–H and O–H groups in total. The van der Waals surface area contributed by atoms with Crippen LogP contribution >= 0.6 is 39.0 Å². The van der Waals surface area contributed by atoms with Gasteiger partial charge >= 0.3 is 5.97 Å². The number of rotatable bonds is 6. The van der Waals surface area contributed by atoms with E-state index in [0.29, 0.717) is 25.6 Å². The lowest BCUT2D eigenvalue weighted by molar-refractivity contribution is -0.123. The van der Waals surface area contributed by atoms with Crippen LogP contribution in [0.25, 0.3) is 16.8 Å². The van der Waals surface area contributed by atoms with Gasteiger partial charge in [-0.25, -0.2) is 4.79 Å². The second-order valence-corrected chi connectivity index (χ2v) is 10.6. The van der Waals surface area contributed by atoms with Gasteiger partial charge < -0.3 is 9.47 Å². The lowest BCUT2D eigenvalue weighted by Crippen LogP contribution is -2.27. The molecule has 4 aromatic rings. The number of carbonyl (C=O) groups is 3. The molecule has 0 saturated carbocycles. The summed E-state index contributed by atoms with van der Waals surface area (Å²) in [7, 11) is 1.46. The molecule has 0 spiro atoms. The highest BCUT2D eigenvalue weighted by atomic mass is 79.9. The fraction of sp³-hybridized carbons (Fsp3) is 0.0741. The van der Waals surface area contributed by atoms with Crippen molar-refractivity contribution in [2.75, 3.05) is 7.11 Å². The number of hydrogen-bond donors (Lipinski definition) is 0. The standard InChI is InChI=1S/C27H18BrNO5S2/c1-33-21-13-16(12-20(28)24(21)34-26(31)22-10-5-11-35-22)14-23-25(30)29(27(32)36-23)15-18-8-4-7-17-6-2-3-9-19(17)18/h2-14H,15H2,1H3/b23-14-. The first-order valence-corrected chi connectivity index (χ1v) is 13.3. The van der Waals surface area contributed by atoms with E-state index >= 15 is 0 Å². The van der Waals surface area contributed by atoms with Crippen molar-refractivity contribution in [3.8, 4) is 11.5 Å². The summed E-state index contributed by atoms with van der Waals surface area (Å²) < 4.78 is 11.5. The quantitative estimate of drug-likeness (QED) is 0.137. The van der Waals surface area contributed by atoms with Crippen LogP contribution in [0.4, 0.5) is 4.79 Å². The molecule has 1 aliphatic heterocycles. The first kappa shape index (κ1) is 24.3. The maximum atomic E-state index is 13.1. The molecule has 0 radical (unpaired) electrons. The second-order valence-electron chi connectivity index (χ2n) is 7.81. The maximum absolute atomic E-state index is 13.1. The van der Waals surface area contributed by atoms with E-state index in [4.69, 9.17) is 9.47 Å². The Hall–Kier alpha value is -3.40. The van der Waals surface area contributed by atoms with Gasteiger partial charge in [0.15, 0.2) is 11.5 Å². The number of hydrogen-bond acceptors (Lipinski definition) is 7. The average molecular weight is 580 g/mol. The third-order valence-corrected chi connectivity index (χ3v) is 7.89. The number of benzene rings is 3. The van der Waals surface area contributed by atoms with Gasteiger partial charge in [-0.05, 0) is 79.2 Å². The van der Waals surface area contributed by atoms with Crippen molar-refractivity contribution < 1.29 is 23.9 Å². The molecule has 1 aliphatic rings. The normalized spacial score (nSPS) is 14.6. The Labute approximate surface area is 223 Å². The number of thiophene rings is 1. The molecular weight excluding hydrogens is 562 g/mol. The number of amides is 2. The van der Waals surface area contributed by atoms with Crippen LogP contribution in [0.1, 0.15) is 20.8 Å². The summed E-state index contributed by atoms with van der Waals surface area (Å²) >= 11 is 5.60. The molecule has 9 heteroatoms. The van der Waals surface area contributed by atoms with E-state index in [-0.39, 0.29) is 23.4 Å². The zero-order valence-electron chi connectivity index (χ0n) is 18.9. The van der Waals surface area contributed by atoms with Gasteiger partial charge in [0.05, 0.1) is 23.0 Å². The van der Waals surface area contributed by atoms with Crippen molar-refractivity contribution in [3.05, 3.63) is 97.5 Å². The largest absolute Gasteiger partial charge is 0.493 e. The van der Waals surface area contributed by atoms with Gasteiger partial charge in [-0.1, -0.05) is 48.5 Å². The first-order chi connectivity index (χ1) is 17.4. The van der Waals surface area contributed by atoms with Gasteiger partial charge in [-0.15, -0.1) is 11.3 Å². The highest BCUT2D eigenvalue weighted by Crippen LogP contribution is 2.40. The van der Waals surface area contributed by atoms with Crippen LogP contribution in [-0.4, -0.2) is 29.1 Å². The van der Waals surface area contributed by atoms with Crippen molar-refractivity contribution >= 4 is 73.0 Å². The molecule has 36 heavy (non-hydrogen) atoms. The van der Waals surface area contributed by atoms with E-state index < -0.39 is 5.97 Å². The molecule has 2 amide bonds. The number of imide groups is 1. The minimum atomic E-state index is -0.494. The zero-order chi connectivity index (χ0) is 25.2. The summed E-state index contributed by atoms with van der Waals surface area (Å²) in [4.78, 5) is 40.3. The number of esters is 1. The summed E-state index contributed by atoms with van der Waals surface area (Å²) in [6, 6.07) is 20.5. The molecule has 3 aromatic carbocycles. The number of ether oxygens (including phenoxy) is 2. The van der Waals surface area contributed by atoms with Crippen molar-refractivity contribution in [1.29, 1.82) is 0 Å². The monoisotopic (exact) mass is 579 g/mol. The van der Waals surface area contributed by atoms with Crippen molar-refractivity contribution in [2.45, 2.75) is 6.54 Å². The number of halogens is 1. The predicted octanol–water partition coefficient (Wildman–Crippen LogP) is 7.13. The molecule has 0 unspecified atom stereocenters. The Balaban J connectivity index is 1.40. The highest BCUT2D eigenvalue weighted by molar-refractivity contribution is 9.10. The minimum Gasteiger partial charge on any atom is -0.493 e. The van der Waals surface area contributed by atoms with Crippen LogP contribution in [0.2, 0.25) is 0 Å². The van der Waals surface area contributed by atoms with E-state index in [9.17, 15) is 14.4 Å². The third kappa shape index (κ3) is 4.82. The smallest absolute Gasteiger partial charge is 0.353 e. The van der Waals surface area contributed by atoms with Crippen LogP contribution in [0, 0.1) is 0 Å². The summed E-state index contributed by atoms with van der Waals surface area (Å²) in [5.41, 5.74) is 1.52. The second kappa shape index (κ2) is 10.3. The summed E-state index contributed by atoms with van der Waals surface area (Å²) in [5.74, 6) is -0.305. The first-order valence-electron chi connectivity index (χ1n) is 10.8. The van der Waals surface area contributed by atoms with Crippen molar-refractivity contribution in [2.24, 2.45) is 0 Å². The van der Waals surface area contributed by atoms with Gasteiger partial charge in [0.1, 0.15) is 4.88 Å². The molecule has 5 rings (SSSR count). The Morgan fingerprint density at radius 1 is 1.06 bits per heavy atom. The molecule has 0 atom stereocenters. The van der Waals surface area contributed by atoms with Gasteiger partial charge in [-0.2, -0.15) is 0 Å². The lowest BCUT2D eigenvalue weighted by Gasteiger charge is -2.14. The molecule has 1 saturated heterocycles. The maximum Gasteiger partial charge on any atom is 0.353 e. The van der Waals surface area contributed by atoms with Gasteiger partial charge in [-0.3, -0.25) is 14.5 Å². The van der Waals surface area contributed by atoms with Crippen molar-refractivity contribution in [3.63, 3.8) is 0 Å². The number of thioether (sulfide) groups is 1. The number of nitrogens with zero attached hydrogens (tertiary/aromatic N) is 1. The van der Waals surface area contributed by atoms with Gasteiger partial charge in [0.25, 0.3) is 11.1 Å². The highest BCUT2D eigenvalue weighted by Gasteiger charge is 2.35. The summed E-state index contributed by atoms with van der Waals surface area (Å²) in [6.07, 6.45) is 1.63. The minimum absolute atomic E-state index is 0.188. The van der Waals surface area contributed by atoms with Gasteiger partial charge in [0.2, 0.25) is 0 Å². The summed E-state index contributed by atoms with van der Waals surface area (Å²) in [6.45, 7) is 0.188. The number of methoxy groups -OCH3 is 1. The topological polar surface area (TPSA) is 72.9 Å². The summed E-state index contributed by atoms with van der Waals surface area (Å²) in [5, 5.41) is 3.52. The van der Waals surface area contributed by atoms with Gasteiger partial charge in [0, 0.05) is 0 Å². The van der Waals surface area contributed by atoms with E-state index in [1.54, 1.807) is 35.7 Å².